The van der Waals surface area contributed by atoms with Gasteiger partial charge in [-0.2, -0.15) is 0 Å². The fraction of sp³-hybridized carbons (Fsp3) is 1.00. The van der Waals surface area contributed by atoms with E-state index >= 15 is 0 Å². The van der Waals surface area contributed by atoms with Gasteiger partial charge in [0.25, 0.3) is 0 Å². The molecule has 1 aliphatic rings. The van der Waals surface area contributed by atoms with Gasteiger partial charge in [-0.05, 0) is 40.4 Å². The molecular formula is C12H26N2O2. The predicted octanol–water partition coefficient (Wildman–Crippen LogP) is 0.410. The lowest BCUT2D eigenvalue weighted by Crippen LogP contribution is -2.37. The van der Waals surface area contributed by atoms with Crippen molar-refractivity contribution in [2.24, 2.45) is 0 Å². The molecule has 96 valence electrons. The molecule has 0 aromatic heterocycles. The Morgan fingerprint density at radius 1 is 1.19 bits per heavy atom. The smallest absolute Gasteiger partial charge is 0.0900 e. The highest BCUT2D eigenvalue weighted by Crippen LogP contribution is 2.03. The van der Waals surface area contributed by atoms with E-state index in [1.54, 1.807) is 0 Å². The monoisotopic (exact) mass is 230 g/mol. The van der Waals surface area contributed by atoms with Gasteiger partial charge in [-0.15, -0.1) is 0 Å². The van der Waals surface area contributed by atoms with Crippen LogP contribution in [0.3, 0.4) is 0 Å². The van der Waals surface area contributed by atoms with Crippen LogP contribution in [0.1, 0.15) is 20.3 Å². The van der Waals surface area contributed by atoms with Gasteiger partial charge in [-0.3, -0.25) is 4.90 Å². The Hall–Kier alpha value is -0.160. The van der Waals surface area contributed by atoms with E-state index in [0.29, 0.717) is 6.61 Å². The first kappa shape index (κ1) is 13.9. The molecule has 0 spiro atoms. The summed E-state index contributed by atoms with van der Waals surface area (Å²) in [6, 6.07) is 0. The molecule has 1 aliphatic heterocycles. The van der Waals surface area contributed by atoms with Crippen molar-refractivity contribution in [3.63, 3.8) is 0 Å². The van der Waals surface area contributed by atoms with E-state index < -0.39 is 0 Å². The highest BCUT2D eigenvalue weighted by atomic mass is 16.5. The minimum atomic E-state index is -0.356. The molecule has 4 heteroatoms. The summed E-state index contributed by atoms with van der Waals surface area (Å²) in [5.74, 6) is 0. The lowest BCUT2D eigenvalue weighted by atomic mass is 10.3. The van der Waals surface area contributed by atoms with Gasteiger partial charge in [-0.1, -0.05) is 0 Å². The molecule has 1 saturated heterocycles. The Kier molecular flexibility index (Phi) is 6.28. The van der Waals surface area contributed by atoms with Crippen LogP contribution in [0.2, 0.25) is 0 Å². The highest BCUT2D eigenvalue weighted by Gasteiger charge is 2.15. The Labute approximate surface area is 99.2 Å². The van der Waals surface area contributed by atoms with Gasteiger partial charge in [-0.25, -0.2) is 0 Å². The summed E-state index contributed by atoms with van der Waals surface area (Å²) in [6.45, 7) is 9.57. The molecule has 0 radical (unpaired) electrons. The number of hydrogen-bond acceptors (Lipinski definition) is 4. The number of ether oxygens (including phenoxy) is 1. The van der Waals surface area contributed by atoms with Crippen LogP contribution >= 0.6 is 0 Å². The molecule has 4 nitrogen and oxygen atoms in total. The normalized spacial score (nSPS) is 22.3. The highest BCUT2D eigenvalue weighted by molar-refractivity contribution is 4.70. The van der Waals surface area contributed by atoms with Crippen molar-refractivity contribution in [1.29, 1.82) is 0 Å². The number of nitrogens with zero attached hydrogens (tertiary/aromatic N) is 2. The van der Waals surface area contributed by atoms with Crippen LogP contribution in [0, 0.1) is 0 Å². The van der Waals surface area contributed by atoms with Crippen molar-refractivity contribution in [2.45, 2.75) is 32.5 Å². The lowest BCUT2D eigenvalue weighted by Gasteiger charge is -2.23. The van der Waals surface area contributed by atoms with Gasteiger partial charge in [0.1, 0.15) is 0 Å². The van der Waals surface area contributed by atoms with Gasteiger partial charge in [0.15, 0.2) is 0 Å². The zero-order chi connectivity index (χ0) is 12.0. The number of rotatable bonds is 5. The maximum absolute atomic E-state index is 9.83. The van der Waals surface area contributed by atoms with E-state index in [9.17, 15) is 5.11 Å². The molecule has 1 rings (SSSR count). The SMILES string of the molecule is CC(C)OCC(O)CN1CCCN(C)CC1. The van der Waals surface area contributed by atoms with Crippen molar-refractivity contribution in [3.05, 3.63) is 0 Å². The number of hydrogen-bond donors (Lipinski definition) is 1. The summed E-state index contributed by atoms with van der Waals surface area (Å²) in [4.78, 5) is 4.68. The first-order valence-corrected chi connectivity index (χ1v) is 6.28. The largest absolute Gasteiger partial charge is 0.389 e. The lowest BCUT2D eigenvalue weighted by molar-refractivity contribution is -0.00791. The molecule has 0 aliphatic carbocycles. The summed E-state index contributed by atoms with van der Waals surface area (Å²) in [5.41, 5.74) is 0. The number of β-amino-alcohol motifs (C(OH)–C–C–N with tert-alkyl or cyclic N) is 1. The van der Waals surface area contributed by atoms with Gasteiger partial charge in [0.05, 0.1) is 18.8 Å². The predicted molar refractivity (Wildman–Crippen MR) is 65.6 cm³/mol. The third kappa shape index (κ3) is 5.80. The van der Waals surface area contributed by atoms with E-state index in [-0.39, 0.29) is 12.2 Å². The second-order valence-electron chi connectivity index (χ2n) is 4.99. The average Bonchev–Trinajstić information content (AvgIpc) is 2.41. The van der Waals surface area contributed by atoms with Crippen LogP contribution in [-0.4, -0.2) is 73.5 Å². The Morgan fingerprint density at radius 3 is 2.62 bits per heavy atom. The summed E-state index contributed by atoms with van der Waals surface area (Å²) in [6.07, 6.45) is 1.03. The van der Waals surface area contributed by atoms with E-state index in [0.717, 1.165) is 32.7 Å². The van der Waals surface area contributed by atoms with Crippen molar-refractivity contribution in [3.8, 4) is 0 Å². The first-order chi connectivity index (χ1) is 7.58. The molecule has 0 bridgehead atoms. The first-order valence-electron chi connectivity index (χ1n) is 6.28. The molecule has 1 N–H and O–H groups in total. The van der Waals surface area contributed by atoms with Crippen molar-refractivity contribution in [1.82, 2.24) is 9.80 Å². The second-order valence-corrected chi connectivity index (χ2v) is 4.99. The third-order valence-electron chi connectivity index (χ3n) is 2.90. The maximum atomic E-state index is 9.83. The summed E-state index contributed by atoms with van der Waals surface area (Å²) in [5, 5.41) is 9.83. The third-order valence-corrected chi connectivity index (χ3v) is 2.90. The number of aliphatic hydroxyl groups is 1. The molecule has 1 unspecified atom stereocenters. The van der Waals surface area contributed by atoms with Crippen molar-refractivity contribution in [2.75, 3.05) is 46.4 Å². The molecule has 1 heterocycles. The maximum Gasteiger partial charge on any atom is 0.0900 e. The summed E-state index contributed by atoms with van der Waals surface area (Å²) in [7, 11) is 2.15. The molecule has 1 fully saturated rings. The van der Waals surface area contributed by atoms with Crippen LogP contribution in [0.5, 0.6) is 0 Å². The minimum absolute atomic E-state index is 0.199. The van der Waals surface area contributed by atoms with E-state index in [1.807, 2.05) is 13.8 Å². The van der Waals surface area contributed by atoms with Gasteiger partial charge in [0, 0.05) is 19.6 Å². The van der Waals surface area contributed by atoms with E-state index in [4.69, 9.17) is 4.74 Å². The van der Waals surface area contributed by atoms with Gasteiger partial charge < -0.3 is 14.7 Å². The van der Waals surface area contributed by atoms with Gasteiger partial charge >= 0.3 is 0 Å². The van der Waals surface area contributed by atoms with Crippen LogP contribution in [0.15, 0.2) is 0 Å². The van der Waals surface area contributed by atoms with Crippen LogP contribution in [0.4, 0.5) is 0 Å². The minimum Gasteiger partial charge on any atom is -0.389 e. The average molecular weight is 230 g/mol. The molecular weight excluding hydrogens is 204 g/mol. The topological polar surface area (TPSA) is 35.9 Å². The van der Waals surface area contributed by atoms with E-state index in [2.05, 4.69) is 16.8 Å². The molecule has 16 heavy (non-hydrogen) atoms. The molecule has 0 aromatic carbocycles. The standard InChI is InChI=1S/C12H26N2O2/c1-11(2)16-10-12(15)9-14-6-4-5-13(3)7-8-14/h11-12,15H,4-10H2,1-3H3. The van der Waals surface area contributed by atoms with Crippen molar-refractivity contribution < 1.29 is 9.84 Å². The summed E-state index contributed by atoms with van der Waals surface area (Å²) >= 11 is 0. The molecule has 1 atom stereocenters. The van der Waals surface area contributed by atoms with Crippen LogP contribution in [0.25, 0.3) is 0 Å². The fourth-order valence-electron chi connectivity index (χ4n) is 1.94. The summed E-state index contributed by atoms with van der Waals surface area (Å²) < 4.78 is 5.41. The van der Waals surface area contributed by atoms with Gasteiger partial charge in [0.2, 0.25) is 0 Å². The molecule has 0 aromatic rings. The number of likely N-dealkylation sites (N-methyl/N-ethyl adjacent to an activating group) is 1. The van der Waals surface area contributed by atoms with E-state index in [1.165, 1.54) is 6.42 Å². The molecule has 0 saturated carbocycles. The fourth-order valence-corrected chi connectivity index (χ4v) is 1.94. The van der Waals surface area contributed by atoms with Crippen LogP contribution < -0.4 is 0 Å². The Balaban J connectivity index is 2.19. The quantitative estimate of drug-likeness (QED) is 0.742. The zero-order valence-corrected chi connectivity index (χ0v) is 10.9. The second kappa shape index (κ2) is 7.22. The Morgan fingerprint density at radius 2 is 1.94 bits per heavy atom. The number of aliphatic hydroxyl groups excluding tert-OH is 1. The van der Waals surface area contributed by atoms with Crippen molar-refractivity contribution >= 4 is 0 Å². The molecule has 0 amide bonds. The van der Waals surface area contributed by atoms with Crippen LogP contribution in [-0.2, 0) is 4.74 Å². The Bertz CT molecular complexity index is 188. The zero-order valence-electron chi connectivity index (χ0n) is 10.9.